The van der Waals surface area contributed by atoms with Gasteiger partial charge in [0, 0.05) is 93.7 Å². The number of amides is 6. The average Bonchev–Trinajstić information content (AvgIpc) is 4.06. The summed E-state index contributed by atoms with van der Waals surface area (Å²) in [7, 11) is 3.10. The number of anilines is 2. The van der Waals surface area contributed by atoms with E-state index in [2.05, 4.69) is 10.3 Å². The number of carbonyl (C=O) groups is 6. The Labute approximate surface area is 427 Å². The predicted octanol–water partition coefficient (Wildman–Crippen LogP) is 6.66. The maximum Gasteiger partial charge on any atom is 0.415 e. The number of alkyl halides is 1. The fourth-order valence-electron chi connectivity index (χ4n) is 8.11. The van der Waals surface area contributed by atoms with E-state index in [0.29, 0.717) is 33.7 Å². The summed E-state index contributed by atoms with van der Waals surface area (Å²) in [5.41, 5.74) is 3.02. The van der Waals surface area contributed by atoms with Crippen molar-refractivity contribution in [2.75, 3.05) is 109 Å². The number of halogens is 1. The molecular formula is C52H60ClN7O13. The van der Waals surface area contributed by atoms with Crippen molar-refractivity contribution in [3.05, 3.63) is 108 Å². The monoisotopic (exact) mass is 1030 g/mol. The van der Waals surface area contributed by atoms with Gasteiger partial charge in [0.05, 0.1) is 57.6 Å². The molecule has 1 atom stereocenters. The van der Waals surface area contributed by atoms with Crippen molar-refractivity contribution in [1.29, 1.82) is 0 Å². The molecule has 4 heterocycles. The van der Waals surface area contributed by atoms with Gasteiger partial charge < -0.3 is 57.6 Å². The first-order valence-electron chi connectivity index (χ1n) is 23.7. The molecule has 0 aliphatic carbocycles. The van der Waals surface area contributed by atoms with Crippen LogP contribution in [0.3, 0.4) is 0 Å². The number of aromatic nitrogens is 2. The van der Waals surface area contributed by atoms with Gasteiger partial charge in [-0.05, 0) is 80.6 Å². The fourth-order valence-corrected chi connectivity index (χ4v) is 8.36. The van der Waals surface area contributed by atoms with Crippen LogP contribution in [0.1, 0.15) is 58.7 Å². The summed E-state index contributed by atoms with van der Waals surface area (Å²) in [5.74, 6) is -0.778. The second kappa shape index (κ2) is 24.5. The summed E-state index contributed by atoms with van der Waals surface area (Å²) in [6.45, 7) is 9.21. The molecule has 2 aromatic heterocycles. The number of benzene rings is 3. The number of carbonyl (C=O) groups excluding carboxylic acids is 6. The summed E-state index contributed by atoms with van der Waals surface area (Å²) < 4.78 is 40.7. The van der Waals surface area contributed by atoms with E-state index in [0.717, 1.165) is 21.4 Å². The average molecular weight is 1030 g/mol. The molecule has 0 spiro atoms. The molecule has 1 N–H and O–H groups in total. The van der Waals surface area contributed by atoms with Crippen LogP contribution < -0.4 is 19.7 Å². The van der Waals surface area contributed by atoms with Crippen LogP contribution >= 0.6 is 11.6 Å². The number of rotatable bonds is 23. The maximum atomic E-state index is 14.6. The van der Waals surface area contributed by atoms with E-state index in [-0.39, 0.29) is 120 Å². The second-order valence-corrected chi connectivity index (χ2v) is 18.5. The first-order valence-corrected chi connectivity index (χ1v) is 24.2. The number of hydrogen-bond acceptors (Lipinski definition) is 14. The van der Waals surface area contributed by atoms with Crippen molar-refractivity contribution in [1.82, 2.24) is 24.1 Å². The molecule has 73 heavy (non-hydrogen) atoms. The number of ether oxygens (including phenoxy) is 7. The molecule has 0 saturated carbocycles. The van der Waals surface area contributed by atoms with E-state index in [9.17, 15) is 28.8 Å². The number of nitrogens with one attached hydrogen (secondary N) is 1. The second-order valence-electron chi connectivity index (χ2n) is 18.2. The lowest BCUT2D eigenvalue weighted by Gasteiger charge is -2.28. The molecular weight excluding hydrogens is 966 g/mol. The van der Waals surface area contributed by atoms with Crippen molar-refractivity contribution in [3.63, 3.8) is 0 Å². The Bertz CT molecular complexity index is 2830. The van der Waals surface area contributed by atoms with Gasteiger partial charge in [0.1, 0.15) is 28.4 Å². The van der Waals surface area contributed by atoms with Crippen LogP contribution in [0.15, 0.2) is 85.2 Å². The lowest BCUT2D eigenvalue weighted by Crippen LogP contribution is -2.43. The summed E-state index contributed by atoms with van der Waals surface area (Å²) in [5, 5.41) is 4.33. The smallest absolute Gasteiger partial charge is 0.415 e. The van der Waals surface area contributed by atoms with Crippen LogP contribution in [0.2, 0.25) is 0 Å². The molecule has 21 heteroatoms. The maximum absolute atomic E-state index is 14.6. The zero-order chi connectivity index (χ0) is 52.2. The highest BCUT2D eigenvalue weighted by Gasteiger charge is 2.37. The standard InChI is InChI=1S/C52H60ClN7O13/c1-34-8-7-9-39-42(72-51(66)57(19-18-56(5)50(65)73-52(2,3)4)20-22-68-24-26-70-27-25-69-23-21-59-44(61)16-17-45(59)62)28-41-47(46(34)39)36(29-53)30-60(41)49(64)40-32-58-31-37(12-15-43(58)55-40)54-48(63)35-10-13-38(14-11-35)71-33-67-6/h7-17,28,31-32,36H,18-27,29-30,33H2,1-6H3,(H,54,63)/t36-/m1/s1. The molecule has 5 aromatic rings. The number of imide groups is 1. The van der Waals surface area contributed by atoms with E-state index < -0.39 is 23.7 Å². The van der Waals surface area contributed by atoms with Gasteiger partial charge in [-0.2, -0.15) is 0 Å². The highest BCUT2D eigenvalue weighted by atomic mass is 35.5. The molecule has 0 fully saturated rings. The number of aryl methyl sites for hydroxylation is 1. The Kier molecular flexibility index (Phi) is 18.1. The van der Waals surface area contributed by atoms with Gasteiger partial charge in [-0.15, -0.1) is 11.6 Å². The number of likely N-dealkylation sites (N-methyl/N-ethyl adjacent to an activating group) is 1. The van der Waals surface area contributed by atoms with Crippen LogP contribution in [0.25, 0.3) is 16.4 Å². The van der Waals surface area contributed by atoms with Crippen LogP contribution in [0, 0.1) is 6.92 Å². The SMILES string of the molecule is COCOc1ccc(C(=O)Nc2ccc3nc(C(=O)N4C[C@@H](CCl)c5c4cc(OC(=O)N(CCOCCOCCOCCN4C(=O)C=CC4=O)CCN(C)C(=O)OC(C)(C)C)c4cccc(C)c54)cn3c2)cc1. The van der Waals surface area contributed by atoms with Crippen molar-refractivity contribution >= 4 is 75.2 Å². The molecule has 0 radical (unpaired) electrons. The third-order valence-electron chi connectivity index (χ3n) is 11.7. The Balaban J connectivity index is 1.04. The van der Waals surface area contributed by atoms with Gasteiger partial charge in [-0.25, -0.2) is 14.6 Å². The predicted molar refractivity (Wildman–Crippen MR) is 271 cm³/mol. The minimum Gasteiger partial charge on any atom is -0.468 e. The molecule has 0 bridgehead atoms. The van der Waals surface area contributed by atoms with Gasteiger partial charge in [-0.1, -0.05) is 18.2 Å². The van der Waals surface area contributed by atoms with E-state index >= 15 is 0 Å². The van der Waals surface area contributed by atoms with Crippen LogP contribution in [-0.4, -0.2) is 165 Å². The van der Waals surface area contributed by atoms with Crippen molar-refractivity contribution in [2.45, 2.75) is 39.2 Å². The zero-order valence-corrected chi connectivity index (χ0v) is 42.5. The topological polar surface area (TPSA) is 209 Å². The molecule has 6 amide bonds. The van der Waals surface area contributed by atoms with Gasteiger partial charge in [0.2, 0.25) is 0 Å². The highest BCUT2D eigenvalue weighted by Crippen LogP contribution is 2.47. The number of fused-ring (bicyclic) bond motifs is 4. The Morgan fingerprint density at radius 1 is 0.849 bits per heavy atom. The highest BCUT2D eigenvalue weighted by molar-refractivity contribution is 6.19. The van der Waals surface area contributed by atoms with E-state index in [1.54, 1.807) is 92.0 Å². The van der Waals surface area contributed by atoms with Gasteiger partial charge >= 0.3 is 12.2 Å². The minimum atomic E-state index is -0.730. The molecule has 0 unspecified atom stereocenters. The molecule has 20 nitrogen and oxygen atoms in total. The molecule has 3 aromatic carbocycles. The first kappa shape index (κ1) is 53.7. The van der Waals surface area contributed by atoms with Crippen LogP contribution in [0.4, 0.5) is 21.0 Å². The number of pyridine rings is 1. The molecule has 2 aliphatic rings. The van der Waals surface area contributed by atoms with E-state index in [1.165, 1.54) is 29.1 Å². The van der Waals surface area contributed by atoms with Gasteiger partial charge in [0.25, 0.3) is 23.6 Å². The molecule has 388 valence electrons. The lowest BCUT2D eigenvalue weighted by molar-refractivity contribution is -0.137. The van der Waals surface area contributed by atoms with Crippen LogP contribution in [-0.2, 0) is 33.3 Å². The lowest BCUT2D eigenvalue weighted by atomic mass is 9.92. The first-order chi connectivity index (χ1) is 35.0. The van der Waals surface area contributed by atoms with Crippen LogP contribution in [0.5, 0.6) is 11.5 Å². The Hall–Kier alpha value is -7.10. The molecule has 0 saturated heterocycles. The quantitative estimate of drug-likeness (QED) is 0.0314. The largest absolute Gasteiger partial charge is 0.468 e. The van der Waals surface area contributed by atoms with Crippen molar-refractivity contribution < 1.29 is 61.9 Å². The van der Waals surface area contributed by atoms with Gasteiger partial charge in [-0.3, -0.25) is 24.1 Å². The summed E-state index contributed by atoms with van der Waals surface area (Å²) in [6.07, 6.45) is 4.43. The van der Waals surface area contributed by atoms with E-state index in [4.69, 9.17) is 44.8 Å². The number of hydrogen-bond donors (Lipinski definition) is 1. The van der Waals surface area contributed by atoms with Crippen molar-refractivity contribution in [2.24, 2.45) is 0 Å². The zero-order valence-electron chi connectivity index (χ0n) is 41.7. The molecule has 7 rings (SSSR count). The summed E-state index contributed by atoms with van der Waals surface area (Å²) in [6, 6.07) is 17.4. The van der Waals surface area contributed by atoms with E-state index in [1.807, 2.05) is 25.1 Å². The number of imidazole rings is 1. The Morgan fingerprint density at radius 2 is 1.55 bits per heavy atom. The third-order valence-corrected chi connectivity index (χ3v) is 12.1. The third kappa shape index (κ3) is 13.7. The summed E-state index contributed by atoms with van der Waals surface area (Å²) >= 11 is 6.65. The normalized spacial score (nSPS) is 14.3. The minimum absolute atomic E-state index is 0.0639. The Morgan fingerprint density at radius 3 is 2.23 bits per heavy atom. The summed E-state index contributed by atoms with van der Waals surface area (Å²) in [4.78, 5) is 88.5. The van der Waals surface area contributed by atoms with Gasteiger partial charge in [0.15, 0.2) is 6.79 Å². The number of nitrogens with zero attached hydrogens (tertiary/aromatic N) is 6. The fraction of sp³-hybridized carbons (Fsp3) is 0.404. The van der Waals surface area contributed by atoms with Crippen molar-refractivity contribution in [3.8, 4) is 11.5 Å². The number of methoxy groups -OCH3 is 1. The molecule has 2 aliphatic heterocycles.